The molecule has 2 heterocycles. The molecule has 0 bridgehead atoms. The van der Waals surface area contributed by atoms with Gasteiger partial charge in [0.15, 0.2) is 5.82 Å². The van der Waals surface area contributed by atoms with E-state index in [0.717, 1.165) is 15.7 Å². The number of aryl methyl sites for hydroxylation is 1. The molecule has 0 saturated carbocycles. The quantitative estimate of drug-likeness (QED) is 0.941. The van der Waals surface area contributed by atoms with Crippen LogP contribution in [-0.4, -0.2) is 14.8 Å². The average Bonchev–Trinajstić information content (AvgIpc) is 2.81. The Morgan fingerprint density at radius 3 is 2.82 bits per heavy atom. The third-order valence-corrected chi connectivity index (χ3v) is 3.88. The van der Waals surface area contributed by atoms with Crippen LogP contribution in [0.25, 0.3) is 0 Å². The van der Waals surface area contributed by atoms with Gasteiger partial charge in [0.25, 0.3) is 0 Å². The minimum atomic E-state index is 0.120. The Bertz CT molecular complexity index is 508. The maximum atomic E-state index is 6.08. The van der Waals surface area contributed by atoms with Crippen LogP contribution in [0.4, 0.5) is 0 Å². The van der Waals surface area contributed by atoms with Crippen molar-refractivity contribution in [2.45, 2.75) is 19.5 Å². The summed E-state index contributed by atoms with van der Waals surface area (Å²) in [6.45, 7) is 2.64. The van der Waals surface area contributed by atoms with E-state index in [0.29, 0.717) is 10.9 Å². The van der Waals surface area contributed by atoms with Gasteiger partial charge in [0.1, 0.15) is 6.33 Å². The topological polar surface area (TPSA) is 42.7 Å². The van der Waals surface area contributed by atoms with Crippen LogP contribution in [-0.2, 0) is 13.6 Å². The van der Waals surface area contributed by atoms with Gasteiger partial charge in [-0.05, 0) is 18.6 Å². The molecule has 0 aliphatic rings. The lowest BCUT2D eigenvalue weighted by molar-refractivity contribution is 0.557. The summed E-state index contributed by atoms with van der Waals surface area (Å²) in [5.74, 6) is 0.761. The minimum Gasteiger partial charge on any atom is -0.303 e. The first-order valence-electron chi connectivity index (χ1n) is 5.09. The Balaban J connectivity index is 1.97. The van der Waals surface area contributed by atoms with Crippen molar-refractivity contribution < 1.29 is 0 Å². The fourth-order valence-electron chi connectivity index (χ4n) is 1.47. The van der Waals surface area contributed by atoms with Crippen molar-refractivity contribution in [3.63, 3.8) is 0 Å². The number of nitrogens with zero attached hydrogens (tertiary/aromatic N) is 3. The van der Waals surface area contributed by atoms with Gasteiger partial charge >= 0.3 is 0 Å². The highest BCUT2D eigenvalue weighted by molar-refractivity contribution is 7.20. The van der Waals surface area contributed by atoms with Crippen molar-refractivity contribution in [1.82, 2.24) is 20.1 Å². The number of hydrogen-bond donors (Lipinski definition) is 1. The Morgan fingerprint density at radius 2 is 2.29 bits per heavy atom. The fourth-order valence-corrected chi connectivity index (χ4v) is 3.11. The van der Waals surface area contributed by atoms with Crippen LogP contribution >= 0.6 is 34.5 Å². The molecule has 0 spiro atoms. The van der Waals surface area contributed by atoms with Crippen LogP contribution < -0.4 is 5.32 Å². The van der Waals surface area contributed by atoms with Gasteiger partial charge < -0.3 is 5.32 Å². The standard InChI is InChI=1S/C10H12Cl2N4S/c1-6(7-3-8(11)17-10(7)12)13-4-9-14-5-16(2)15-9/h3,5-6,13H,4H2,1-2H3. The number of rotatable bonds is 4. The maximum absolute atomic E-state index is 6.08. The van der Waals surface area contributed by atoms with Crippen LogP contribution in [0.1, 0.15) is 24.4 Å². The monoisotopic (exact) mass is 290 g/mol. The molecule has 0 aliphatic carbocycles. The number of thiophene rings is 1. The van der Waals surface area contributed by atoms with Gasteiger partial charge in [0.2, 0.25) is 0 Å². The number of aromatic nitrogens is 3. The zero-order chi connectivity index (χ0) is 12.4. The molecule has 7 heteroatoms. The summed E-state index contributed by atoms with van der Waals surface area (Å²) < 4.78 is 3.11. The molecule has 17 heavy (non-hydrogen) atoms. The van der Waals surface area contributed by atoms with E-state index in [4.69, 9.17) is 23.2 Å². The lowest BCUT2D eigenvalue weighted by Crippen LogP contribution is -2.18. The minimum absolute atomic E-state index is 0.120. The van der Waals surface area contributed by atoms with E-state index in [2.05, 4.69) is 15.4 Å². The zero-order valence-electron chi connectivity index (χ0n) is 9.44. The second-order valence-electron chi connectivity index (χ2n) is 3.72. The molecule has 1 N–H and O–H groups in total. The molecule has 0 radical (unpaired) electrons. The van der Waals surface area contributed by atoms with E-state index < -0.39 is 0 Å². The Labute approximate surface area is 114 Å². The molecule has 2 rings (SSSR count). The third kappa shape index (κ3) is 3.19. The molecule has 92 valence electrons. The molecule has 0 saturated heterocycles. The number of halogens is 2. The van der Waals surface area contributed by atoms with Crippen molar-refractivity contribution in [1.29, 1.82) is 0 Å². The lowest BCUT2D eigenvalue weighted by Gasteiger charge is -2.11. The summed E-state index contributed by atoms with van der Waals surface area (Å²) in [7, 11) is 1.84. The second kappa shape index (κ2) is 5.35. The van der Waals surface area contributed by atoms with Gasteiger partial charge in [-0.2, -0.15) is 5.10 Å². The van der Waals surface area contributed by atoms with E-state index in [1.165, 1.54) is 11.3 Å². The first-order valence-corrected chi connectivity index (χ1v) is 6.66. The van der Waals surface area contributed by atoms with Crippen LogP contribution in [0.3, 0.4) is 0 Å². The van der Waals surface area contributed by atoms with Crippen molar-refractivity contribution in [2.24, 2.45) is 7.05 Å². The Hall–Kier alpha value is -0.620. The second-order valence-corrected chi connectivity index (χ2v) is 6.00. The van der Waals surface area contributed by atoms with Gasteiger partial charge in [-0.15, -0.1) is 11.3 Å². The lowest BCUT2D eigenvalue weighted by atomic mass is 10.2. The molecule has 2 aromatic heterocycles. The van der Waals surface area contributed by atoms with Crippen LogP contribution in [0.15, 0.2) is 12.4 Å². The first kappa shape index (κ1) is 12.8. The Kier molecular flexibility index (Phi) is 4.04. The van der Waals surface area contributed by atoms with Crippen LogP contribution in [0.2, 0.25) is 8.67 Å². The smallest absolute Gasteiger partial charge is 0.164 e. The maximum Gasteiger partial charge on any atom is 0.164 e. The van der Waals surface area contributed by atoms with Crippen molar-refractivity contribution in [3.05, 3.63) is 32.5 Å². The molecule has 0 aromatic carbocycles. The highest BCUT2D eigenvalue weighted by atomic mass is 35.5. The predicted octanol–water partition coefficient (Wildman–Crippen LogP) is 3.03. The van der Waals surface area contributed by atoms with E-state index in [-0.39, 0.29) is 6.04 Å². The molecular formula is C10H12Cl2N4S. The summed E-state index contributed by atoms with van der Waals surface area (Å²) in [5, 5.41) is 7.50. The van der Waals surface area contributed by atoms with Crippen molar-refractivity contribution >= 4 is 34.5 Å². The van der Waals surface area contributed by atoms with Gasteiger partial charge in [0.05, 0.1) is 15.2 Å². The highest BCUT2D eigenvalue weighted by Gasteiger charge is 2.13. The van der Waals surface area contributed by atoms with E-state index in [1.54, 1.807) is 11.0 Å². The van der Waals surface area contributed by atoms with Gasteiger partial charge in [-0.1, -0.05) is 23.2 Å². The summed E-state index contributed by atoms with van der Waals surface area (Å²) in [5.41, 5.74) is 1.01. The molecule has 4 nitrogen and oxygen atoms in total. The first-order chi connectivity index (χ1) is 8.06. The Morgan fingerprint density at radius 1 is 1.53 bits per heavy atom. The van der Waals surface area contributed by atoms with Gasteiger partial charge in [0, 0.05) is 13.1 Å². The summed E-state index contributed by atoms with van der Waals surface area (Å²) in [4.78, 5) is 4.14. The predicted molar refractivity (Wildman–Crippen MR) is 70.6 cm³/mol. The molecule has 1 atom stereocenters. The summed E-state index contributed by atoms with van der Waals surface area (Å²) >= 11 is 13.4. The largest absolute Gasteiger partial charge is 0.303 e. The van der Waals surface area contributed by atoms with Gasteiger partial charge in [-0.25, -0.2) is 4.98 Å². The summed E-state index contributed by atoms with van der Waals surface area (Å²) in [6.07, 6.45) is 1.68. The van der Waals surface area contributed by atoms with E-state index in [1.807, 2.05) is 20.0 Å². The van der Waals surface area contributed by atoms with Gasteiger partial charge in [-0.3, -0.25) is 4.68 Å². The molecule has 2 aromatic rings. The molecular weight excluding hydrogens is 279 g/mol. The normalized spacial score (nSPS) is 12.9. The number of hydrogen-bond acceptors (Lipinski definition) is 4. The summed E-state index contributed by atoms with van der Waals surface area (Å²) in [6, 6.07) is 2.01. The van der Waals surface area contributed by atoms with Crippen molar-refractivity contribution in [3.8, 4) is 0 Å². The van der Waals surface area contributed by atoms with E-state index >= 15 is 0 Å². The zero-order valence-corrected chi connectivity index (χ0v) is 11.8. The number of nitrogens with one attached hydrogen (secondary N) is 1. The molecule has 0 amide bonds. The van der Waals surface area contributed by atoms with Crippen LogP contribution in [0, 0.1) is 0 Å². The molecule has 0 fully saturated rings. The third-order valence-electron chi connectivity index (χ3n) is 2.36. The molecule has 1 unspecified atom stereocenters. The fraction of sp³-hybridized carbons (Fsp3) is 0.400. The average molecular weight is 291 g/mol. The van der Waals surface area contributed by atoms with E-state index in [9.17, 15) is 0 Å². The molecule has 0 aliphatic heterocycles. The highest BCUT2D eigenvalue weighted by Crippen LogP contribution is 2.34. The van der Waals surface area contributed by atoms with Crippen molar-refractivity contribution in [2.75, 3.05) is 0 Å². The van der Waals surface area contributed by atoms with Crippen LogP contribution in [0.5, 0.6) is 0 Å². The SMILES string of the molecule is CC(NCc1ncn(C)n1)c1cc(Cl)sc1Cl.